The number of hydrogen-bond donors (Lipinski definition) is 0. The molecule has 0 N–H and O–H groups in total. The van der Waals surface area contributed by atoms with E-state index in [-0.39, 0.29) is 20.1 Å². The van der Waals surface area contributed by atoms with Crippen molar-refractivity contribution in [1.82, 2.24) is 4.98 Å². The van der Waals surface area contributed by atoms with E-state index >= 15 is 0 Å². The maximum absolute atomic E-state index is 4.50. The van der Waals surface area contributed by atoms with E-state index in [9.17, 15) is 0 Å². The van der Waals surface area contributed by atoms with Crippen LogP contribution in [0.4, 0.5) is 0 Å². The van der Waals surface area contributed by atoms with Gasteiger partial charge >= 0.3 is 0 Å². The topological polar surface area (TPSA) is 12.9 Å². The summed E-state index contributed by atoms with van der Waals surface area (Å²) in [4.78, 5) is 4.50. The van der Waals surface area contributed by atoms with E-state index in [1.807, 2.05) is 18.3 Å². The molecule has 0 aliphatic heterocycles. The average molecular weight is 398 g/mol. The van der Waals surface area contributed by atoms with Crippen LogP contribution in [0.25, 0.3) is 16.3 Å². The minimum atomic E-state index is 0. The number of hydrogen-bond acceptors (Lipinski definition) is 1. The molecule has 0 fully saturated rings. The molecule has 2 aromatic rings. The zero-order valence-electron chi connectivity index (χ0n) is 9.31. The van der Waals surface area contributed by atoms with Gasteiger partial charge in [0.05, 0.1) is 0 Å². The maximum Gasteiger partial charge on any atom is 0.0203 e. The van der Waals surface area contributed by atoms with Gasteiger partial charge in [-0.2, -0.15) is 18.2 Å². The summed E-state index contributed by atoms with van der Waals surface area (Å²) in [6, 6.07) is 10.5. The summed E-state index contributed by atoms with van der Waals surface area (Å²) < 4.78 is 0. The zero-order chi connectivity index (χ0) is 10.8. The number of fused-ring (bicyclic) bond motifs is 1. The Morgan fingerprint density at radius 2 is 1.94 bits per heavy atom. The van der Waals surface area contributed by atoms with Gasteiger partial charge in [-0.1, -0.05) is 43.2 Å². The second-order valence-corrected chi connectivity index (χ2v) is 3.98. The quantitative estimate of drug-likeness (QED) is 0.667. The van der Waals surface area contributed by atoms with Gasteiger partial charge in [-0.05, 0) is 16.5 Å². The fourth-order valence-electron chi connectivity index (χ4n) is 1.99. The minimum absolute atomic E-state index is 0. The van der Waals surface area contributed by atoms with Crippen molar-refractivity contribution in [2.24, 2.45) is 0 Å². The van der Waals surface area contributed by atoms with Crippen molar-refractivity contribution < 1.29 is 20.1 Å². The third-order valence-corrected chi connectivity index (χ3v) is 2.88. The second kappa shape index (κ2) is 5.39. The Balaban J connectivity index is 0.00000108. The summed E-state index contributed by atoms with van der Waals surface area (Å²) in [5, 5.41) is 2.44. The second-order valence-electron chi connectivity index (χ2n) is 3.98. The average Bonchev–Trinajstić information content (AvgIpc) is 2.39. The van der Waals surface area contributed by atoms with Crippen LogP contribution in [0.3, 0.4) is 0 Å². The summed E-state index contributed by atoms with van der Waals surface area (Å²) in [5.41, 5.74) is 2.27. The molecule has 1 heterocycles. The maximum atomic E-state index is 4.50. The molecule has 1 aromatic carbocycles. The molecule has 17 heavy (non-hydrogen) atoms. The Labute approximate surface area is 115 Å². The smallest absolute Gasteiger partial charge is 0.0203 e. The molecule has 1 aliphatic carbocycles. The van der Waals surface area contributed by atoms with Gasteiger partial charge in [0.1, 0.15) is 0 Å². The molecule has 1 radical (unpaired) electrons. The standard InChI is InChI=1S/C15H12N.Ir/c1-2-6-12(7-3-1)15-10-13-8-4-5-9-14(13)11-16-15;/h1-2,4-5,8-11H,3,7H2;/q-1;. The van der Waals surface area contributed by atoms with Gasteiger partial charge in [-0.3, -0.25) is 0 Å². The number of aromatic nitrogens is 1. The molecule has 0 amide bonds. The normalized spacial score (nSPS) is 14.2. The van der Waals surface area contributed by atoms with Gasteiger partial charge in [0.2, 0.25) is 0 Å². The number of allylic oxidation sites excluding steroid dienone is 4. The first kappa shape index (κ1) is 12.2. The van der Waals surface area contributed by atoms with Crippen LogP contribution in [0.15, 0.2) is 48.7 Å². The van der Waals surface area contributed by atoms with E-state index in [4.69, 9.17) is 0 Å². The summed E-state index contributed by atoms with van der Waals surface area (Å²) in [5.74, 6) is 0. The third-order valence-electron chi connectivity index (χ3n) is 2.88. The fourth-order valence-corrected chi connectivity index (χ4v) is 1.99. The van der Waals surface area contributed by atoms with Gasteiger partial charge in [-0.15, -0.1) is 5.57 Å². The molecular formula is C15H12IrN-. The first-order chi connectivity index (χ1) is 7.93. The van der Waals surface area contributed by atoms with E-state index in [1.54, 1.807) is 0 Å². The summed E-state index contributed by atoms with van der Waals surface area (Å²) in [6.45, 7) is 0. The number of pyridine rings is 1. The first-order valence-corrected chi connectivity index (χ1v) is 5.56. The van der Waals surface area contributed by atoms with Crippen LogP contribution >= 0.6 is 0 Å². The number of rotatable bonds is 1. The summed E-state index contributed by atoms with van der Waals surface area (Å²) in [6.07, 6.45) is 11.5. The van der Waals surface area contributed by atoms with E-state index in [2.05, 4.69) is 41.4 Å². The fraction of sp³-hybridized carbons (Fsp3) is 0.133. The predicted molar refractivity (Wildman–Crippen MR) is 66.8 cm³/mol. The molecule has 0 unspecified atom stereocenters. The molecule has 1 aromatic heterocycles. The molecule has 3 rings (SSSR count). The largest absolute Gasteiger partial charge is 0.319 e. The van der Waals surface area contributed by atoms with Crippen molar-refractivity contribution in [3.05, 3.63) is 60.5 Å². The van der Waals surface area contributed by atoms with Crippen LogP contribution in [0.2, 0.25) is 0 Å². The first-order valence-electron chi connectivity index (χ1n) is 5.56. The Hall–Kier alpha value is -1.24. The Morgan fingerprint density at radius 1 is 1.12 bits per heavy atom. The monoisotopic (exact) mass is 399 g/mol. The van der Waals surface area contributed by atoms with Crippen molar-refractivity contribution >= 4 is 16.3 Å². The SMILES string of the molecule is [C-]1=C(c2cc3ccccc3cn2)CCC=C1.[Ir]. The van der Waals surface area contributed by atoms with Crippen LogP contribution in [0.5, 0.6) is 0 Å². The number of benzene rings is 1. The van der Waals surface area contributed by atoms with Crippen LogP contribution in [0, 0.1) is 6.08 Å². The Morgan fingerprint density at radius 3 is 2.71 bits per heavy atom. The molecular weight excluding hydrogens is 386 g/mol. The van der Waals surface area contributed by atoms with Gasteiger partial charge in [0, 0.05) is 26.3 Å². The van der Waals surface area contributed by atoms with E-state index < -0.39 is 0 Å². The van der Waals surface area contributed by atoms with Gasteiger partial charge in [0.15, 0.2) is 0 Å². The molecule has 0 bridgehead atoms. The van der Waals surface area contributed by atoms with Crippen LogP contribution in [-0.4, -0.2) is 4.98 Å². The molecule has 1 nitrogen and oxygen atoms in total. The van der Waals surface area contributed by atoms with Crippen LogP contribution in [-0.2, 0) is 20.1 Å². The molecule has 0 saturated heterocycles. The van der Waals surface area contributed by atoms with Gasteiger partial charge < -0.3 is 4.98 Å². The minimum Gasteiger partial charge on any atom is -0.319 e. The Bertz CT molecular complexity index is 584. The third kappa shape index (κ3) is 2.54. The van der Waals surface area contributed by atoms with Crippen LogP contribution in [0.1, 0.15) is 18.5 Å². The molecule has 0 atom stereocenters. The molecule has 2 heteroatoms. The van der Waals surface area contributed by atoms with Crippen molar-refractivity contribution in [3.63, 3.8) is 0 Å². The van der Waals surface area contributed by atoms with Crippen molar-refractivity contribution in [1.29, 1.82) is 0 Å². The molecule has 0 spiro atoms. The van der Waals surface area contributed by atoms with Crippen molar-refractivity contribution in [2.75, 3.05) is 0 Å². The number of nitrogens with zero attached hydrogens (tertiary/aromatic N) is 1. The zero-order valence-corrected chi connectivity index (χ0v) is 11.7. The molecule has 1 aliphatic rings. The van der Waals surface area contributed by atoms with Crippen molar-refractivity contribution in [3.8, 4) is 0 Å². The van der Waals surface area contributed by atoms with Gasteiger partial charge in [-0.25, -0.2) is 0 Å². The van der Waals surface area contributed by atoms with Crippen molar-refractivity contribution in [2.45, 2.75) is 12.8 Å². The van der Waals surface area contributed by atoms with E-state index in [1.165, 1.54) is 16.3 Å². The summed E-state index contributed by atoms with van der Waals surface area (Å²) in [7, 11) is 0. The van der Waals surface area contributed by atoms with E-state index in [0.717, 1.165) is 18.5 Å². The predicted octanol–water partition coefficient (Wildman–Crippen LogP) is 3.77. The van der Waals surface area contributed by atoms with Gasteiger partial charge in [0.25, 0.3) is 0 Å². The molecule has 0 saturated carbocycles. The van der Waals surface area contributed by atoms with Crippen LogP contribution < -0.4 is 0 Å². The Kier molecular flexibility index (Phi) is 3.88. The summed E-state index contributed by atoms with van der Waals surface area (Å²) >= 11 is 0. The molecule has 87 valence electrons. The van der Waals surface area contributed by atoms with E-state index in [0.29, 0.717) is 0 Å².